The highest BCUT2D eigenvalue weighted by molar-refractivity contribution is 6.31. The van der Waals surface area contributed by atoms with E-state index in [2.05, 4.69) is 10.3 Å². The standard InChI is InChI=1S/C21H29ClN4O2/c1-14(20(27)23-8-11-25(2)3)15-6-9-26(10-7-15)21(28)19-13-16-12-17(22)4-5-18(16)24-19/h4-5,12-15,24H,6-11H2,1-3H3,(H,23,27)/t14-/m0/s1. The minimum atomic E-state index is -0.0327. The number of H-pyrrole nitrogens is 1. The first-order valence-electron chi connectivity index (χ1n) is 9.85. The van der Waals surface area contributed by atoms with Crippen LogP contribution in [0.3, 0.4) is 0 Å². The van der Waals surface area contributed by atoms with Crippen LogP contribution in [0.4, 0.5) is 0 Å². The number of carbonyl (C=O) groups is 2. The van der Waals surface area contributed by atoms with Crippen molar-refractivity contribution in [2.24, 2.45) is 11.8 Å². The first-order chi connectivity index (χ1) is 13.3. The molecular formula is C21H29ClN4O2. The van der Waals surface area contributed by atoms with Crippen molar-refractivity contribution in [1.29, 1.82) is 0 Å². The van der Waals surface area contributed by atoms with Crippen LogP contribution in [0.15, 0.2) is 24.3 Å². The van der Waals surface area contributed by atoms with Crippen LogP contribution >= 0.6 is 11.6 Å². The van der Waals surface area contributed by atoms with Crippen molar-refractivity contribution in [3.8, 4) is 0 Å². The average molecular weight is 405 g/mol. The molecule has 28 heavy (non-hydrogen) atoms. The number of likely N-dealkylation sites (N-methyl/N-ethyl adjacent to an activating group) is 1. The summed E-state index contributed by atoms with van der Waals surface area (Å²) in [7, 11) is 3.98. The monoisotopic (exact) mass is 404 g/mol. The van der Waals surface area contributed by atoms with E-state index in [1.165, 1.54) is 0 Å². The molecule has 6 nitrogen and oxygen atoms in total. The second-order valence-electron chi connectivity index (χ2n) is 7.93. The zero-order valence-corrected chi connectivity index (χ0v) is 17.6. The number of piperidine rings is 1. The molecule has 0 unspecified atom stereocenters. The number of aromatic nitrogens is 1. The van der Waals surface area contributed by atoms with Gasteiger partial charge in [0.25, 0.3) is 5.91 Å². The van der Waals surface area contributed by atoms with Gasteiger partial charge in [0.05, 0.1) is 0 Å². The molecule has 2 aromatic rings. The highest BCUT2D eigenvalue weighted by atomic mass is 35.5. The lowest BCUT2D eigenvalue weighted by atomic mass is 9.84. The Balaban J connectivity index is 1.53. The van der Waals surface area contributed by atoms with E-state index in [1.807, 2.05) is 55.1 Å². The summed E-state index contributed by atoms with van der Waals surface area (Å²) in [6.45, 7) is 4.84. The van der Waals surface area contributed by atoms with Gasteiger partial charge in [0.1, 0.15) is 5.69 Å². The second-order valence-corrected chi connectivity index (χ2v) is 8.36. The third kappa shape index (κ3) is 4.86. The predicted molar refractivity (Wildman–Crippen MR) is 113 cm³/mol. The molecule has 1 aliphatic rings. The Hall–Kier alpha value is -2.05. The number of halogens is 1. The molecule has 152 valence electrons. The first-order valence-corrected chi connectivity index (χ1v) is 10.2. The lowest BCUT2D eigenvalue weighted by Gasteiger charge is -2.34. The van der Waals surface area contributed by atoms with E-state index >= 15 is 0 Å². The maximum atomic E-state index is 12.8. The third-order valence-electron chi connectivity index (χ3n) is 5.62. The van der Waals surface area contributed by atoms with Gasteiger partial charge in [-0.2, -0.15) is 0 Å². The van der Waals surface area contributed by atoms with Gasteiger partial charge >= 0.3 is 0 Å². The van der Waals surface area contributed by atoms with Crippen LogP contribution in [0, 0.1) is 11.8 Å². The van der Waals surface area contributed by atoms with Gasteiger partial charge in [0.2, 0.25) is 5.91 Å². The van der Waals surface area contributed by atoms with E-state index in [1.54, 1.807) is 0 Å². The maximum absolute atomic E-state index is 12.8. The smallest absolute Gasteiger partial charge is 0.270 e. The number of fused-ring (bicyclic) bond motifs is 1. The fraction of sp³-hybridized carbons (Fsp3) is 0.524. The number of aromatic amines is 1. The minimum absolute atomic E-state index is 0.00820. The summed E-state index contributed by atoms with van der Waals surface area (Å²) < 4.78 is 0. The number of benzene rings is 1. The number of nitrogens with one attached hydrogen (secondary N) is 2. The average Bonchev–Trinajstić information content (AvgIpc) is 3.09. The second kappa shape index (κ2) is 8.97. The number of hydrogen-bond donors (Lipinski definition) is 2. The number of rotatable bonds is 6. The normalized spacial score (nSPS) is 16.5. The molecule has 1 fully saturated rings. The number of nitrogens with zero attached hydrogens (tertiary/aromatic N) is 2. The fourth-order valence-electron chi connectivity index (χ4n) is 3.77. The van der Waals surface area contributed by atoms with Crippen molar-refractivity contribution < 1.29 is 9.59 Å². The van der Waals surface area contributed by atoms with E-state index in [0.717, 1.165) is 30.3 Å². The molecule has 1 aromatic carbocycles. The summed E-state index contributed by atoms with van der Waals surface area (Å²) in [5.74, 6) is 0.396. The van der Waals surface area contributed by atoms with E-state index in [4.69, 9.17) is 11.6 Å². The van der Waals surface area contributed by atoms with Gasteiger partial charge < -0.3 is 20.1 Å². The van der Waals surface area contributed by atoms with Gasteiger partial charge in [-0.1, -0.05) is 18.5 Å². The summed E-state index contributed by atoms with van der Waals surface area (Å²) in [5, 5.41) is 4.61. The summed E-state index contributed by atoms with van der Waals surface area (Å²) in [4.78, 5) is 32.3. The Bertz CT molecular complexity index is 840. The van der Waals surface area contributed by atoms with Crippen molar-refractivity contribution >= 4 is 34.3 Å². The van der Waals surface area contributed by atoms with Crippen LogP contribution in [-0.2, 0) is 4.79 Å². The number of likely N-dealkylation sites (tertiary alicyclic amines) is 1. The topological polar surface area (TPSA) is 68.4 Å². The molecule has 0 radical (unpaired) electrons. The SMILES string of the molecule is C[C@H](C(=O)NCCN(C)C)C1CCN(C(=O)c2cc3cc(Cl)ccc3[nH]2)CC1. The van der Waals surface area contributed by atoms with Crippen LogP contribution in [-0.4, -0.2) is 66.9 Å². The first kappa shape index (κ1) is 20.7. The third-order valence-corrected chi connectivity index (χ3v) is 5.85. The van der Waals surface area contributed by atoms with Crippen molar-refractivity contribution in [3.63, 3.8) is 0 Å². The molecule has 2 heterocycles. The van der Waals surface area contributed by atoms with Gasteiger partial charge in [0.15, 0.2) is 0 Å². The lowest BCUT2D eigenvalue weighted by Crippen LogP contribution is -2.43. The molecule has 1 saturated heterocycles. The van der Waals surface area contributed by atoms with Gasteiger partial charge in [-0.05, 0) is 57.1 Å². The summed E-state index contributed by atoms with van der Waals surface area (Å²) in [6.07, 6.45) is 1.69. The van der Waals surface area contributed by atoms with Crippen LogP contribution in [0.5, 0.6) is 0 Å². The van der Waals surface area contributed by atoms with Crippen LogP contribution in [0.1, 0.15) is 30.3 Å². The van der Waals surface area contributed by atoms with E-state index in [9.17, 15) is 9.59 Å². The zero-order valence-electron chi connectivity index (χ0n) is 16.8. The molecule has 7 heteroatoms. The highest BCUT2D eigenvalue weighted by Gasteiger charge is 2.30. The molecular weight excluding hydrogens is 376 g/mol. The van der Waals surface area contributed by atoms with Crippen molar-refractivity contribution in [2.75, 3.05) is 40.3 Å². The largest absolute Gasteiger partial charge is 0.355 e. The van der Waals surface area contributed by atoms with Crippen LogP contribution in [0.25, 0.3) is 10.9 Å². The Labute approximate surface area is 171 Å². The van der Waals surface area contributed by atoms with Gasteiger partial charge in [-0.3, -0.25) is 9.59 Å². The zero-order chi connectivity index (χ0) is 20.3. The molecule has 1 aromatic heterocycles. The summed E-state index contributed by atoms with van der Waals surface area (Å²) in [6, 6.07) is 7.41. The molecule has 0 spiro atoms. The molecule has 0 saturated carbocycles. The number of carbonyl (C=O) groups excluding carboxylic acids is 2. The number of amides is 2. The van der Waals surface area contributed by atoms with Crippen LogP contribution < -0.4 is 5.32 Å². The van der Waals surface area contributed by atoms with E-state index in [0.29, 0.717) is 36.3 Å². The maximum Gasteiger partial charge on any atom is 0.270 e. The molecule has 0 aliphatic carbocycles. The summed E-state index contributed by atoms with van der Waals surface area (Å²) in [5.41, 5.74) is 1.50. The van der Waals surface area contributed by atoms with Crippen molar-refractivity contribution in [2.45, 2.75) is 19.8 Å². The van der Waals surface area contributed by atoms with Gasteiger partial charge in [-0.25, -0.2) is 0 Å². The van der Waals surface area contributed by atoms with Crippen molar-refractivity contribution in [1.82, 2.24) is 20.1 Å². The summed E-state index contributed by atoms with van der Waals surface area (Å²) >= 11 is 6.03. The molecule has 0 bridgehead atoms. The van der Waals surface area contributed by atoms with Gasteiger partial charge in [0, 0.05) is 48.0 Å². The molecule has 2 N–H and O–H groups in total. The van der Waals surface area contributed by atoms with E-state index in [-0.39, 0.29) is 17.7 Å². The Kier molecular flexibility index (Phi) is 6.62. The lowest BCUT2D eigenvalue weighted by molar-refractivity contribution is -0.126. The quantitative estimate of drug-likeness (QED) is 0.777. The predicted octanol–water partition coefficient (Wildman–Crippen LogP) is 2.99. The van der Waals surface area contributed by atoms with Crippen LogP contribution in [0.2, 0.25) is 5.02 Å². The van der Waals surface area contributed by atoms with Gasteiger partial charge in [-0.15, -0.1) is 0 Å². The molecule has 1 atom stereocenters. The van der Waals surface area contributed by atoms with E-state index < -0.39 is 0 Å². The molecule has 1 aliphatic heterocycles. The Morgan fingerprint density at radius 3 is 2.68 bits per heavy atom. The Morgan fingerprint density at radius 1 is 1.29 bits per heavy atom. The fourth-order valence-corrected chi connectivity index (χ4v) is 3.95. The molecule has 3 rings (SSSR count). The molecule has 2 amide bonds. The van der Waals surface area contributed by atoms with Crippen molar-refractivity contribution in [3.05, 3.63) is 35.0 Å². The number of hydrogen-bond acceptors (Lipinski definition) is 3. The highest BCUT2D eigenvalue weighted by Crippen LogP contribution is 2.27. The minimum Gasteiger partial charge on any atom is -0.355 e. The Morgan fingerprint density at radius 2 is 2.00 bits per heavy atom.